The molecule has 6 heteroatoms. The highest BCUT2D eigenvalue weighted by Gasteiger charge is 2.34. The van der Waals surface area contributed by atoms with Gasteiger partial charge in [-0.15, -0.1) is 0 Å². The molecule has 116 valence electrons. The fourth-order valence-electron chi connectivity index (χ4n) is 2.15. The van der Waals surface area contributed by atoms with Crippen molar-refractivity contribution < 1.29 is 18.7 Å². The number of nitrogens with two attached hydrogens (primary N) is 1. The molecule has 0 saturated heterocycles. The maximum absolute atomic E-state index is 13.3. The summed E-state index contributed by atoms with van der Waals surface area (Å²) >= 11 is 0. The summed E-state index contributed by atoms with van der Waals surface area (Å²) in [5.74, 6) is -1.54. The molecule has 0 spiro atoms. The molecule has 1 rings (SSSR count). The zero-order chi connectivity index (χ0) is 16.2. The summed E-state index contributed by atoms with van der Waals surface area (Å²) < 4.78 is 18.2. The van der Waals surface area contributed by atoms with Crippen molar-refractivity contribution in [3.63, 3.8) is 0 Å². The highest BCUT2D eigenvalue weighted by atomic mass is 19.1. The van der Waals surface area contributed by atoms with Crippen LogP contribution in [0, 0.1) is 11.7 Å². The van der Waals surface area contributed by atoms with Crippen molar-refractivity contribution in [1.82, 2.24) is 5.32 Å². The normalized spacial score (nSPS) is 13.6. The monoisotopic (exact) mass is 296 g/mol. The Hall–Kier alpha value is -2.11. The topological polar surface area (TPSA) is 81.4 Å². The van der Waals surface area contributed by atoms with Crippen LogP contribution in [-0.4, -0.2) is 24.5 Å². The molecule has 0 aliphatic rings. The number of benzene rings is 1. The second-order valence-electron chi connectivity index (χ2n) is 5.60. The number of nitrogens with one attached hydrogen (secondary N) is 1. The summed E-state index contributed by atoms with van der Waals surface area (Å²) in [6, 6.07) is 3.74. The third kappa shape index (κ3) is 4.18. The van der Waals surface area contributed by atoms with Gasteiger partial charge in [0, 0.05) is 5.56 Å². The largest absolute Gasteiger partial charge is 0.494 e. The summed E-state index contributed by atoms with van der Waals surface area (Å²) in [5.41, 5.74) is 4.43. The summed E-state index contributed by atoms with van der Waals surface area (Å²) in [4.78, 5) is 23.9. The summed E-state index contributed by atoms with van der Waals surface area (Å²) in [6.45, 7) is 5.43. The van der Waals surface area contributed by atoms with Crippen molar-refractivity contribution in [2.24, 2.45) is 11.7 Å². The molecule has 0 bridgehead atoms. The Morgan fingerprint density at radius 1 is 1.43 bits per heavy atom. The van der Waals surface area contributed by atoms with E-state index in [2.05, 4.69) is 5.32 Å². The number of ether oxygens (including phenoxy) is 1. The third-order valence-electron chi connectivity index (χ3n) is 3.16. The molecule has 0 heterocycles. The lowest BCUT2D eigenvalue weighted by atomic mass is 9.89. The van der Waals surface area contributed by atoms with Crippen LogP contribution in [0.15, 0.2) is 18.2 Å². The van der Waals surface area contributed by atoms with Crippen LogP contribution in [-0.2, 0) is 4.79 Å². The molecular formula is C15H21FN2O3. The summed E-state index contributed by atoms with van der Waals surface area (Å²) in [5, 5.41) is 2.62. The zero-order valence-corrected chi connectivity index (χ0v) is 12.7. The maximum Gasteiger partial charge on any atom is 0.252 e. The molecule has 1 aromatic rings. The van der Waals surface area contributed by atoms with E-state index in [-0.39, 0.29) is 17.2 Å². The van der Waals surface area contributed by atoms with E-state index in [1.165, 1.54) is 19.2 Å². The summed E-state index contributed by atoms with van der Waals surface area (Å²) in [6.07, 6.45) is 0.409. The van der Waals surface area contributed by atoms with E-state index in [0.29, 0.717) is 6.42 Å². The van der Waals surface area contributed by atoms with Crippen LogP contribution in [0.3, 0.4) is 0 Å². The number of rotatable bonds is 6. The van der Waals surface area contributed by atoms with Gasteiger partial charge in [-0.05, 0) is 37.5 Å². The van der Waals surface area contributed by atoms with Gasteiger partial charge in [0.05, 0.1) is 7.11 Å². The second-order valence-corrected chi connectivity index (χ2v) is 5.60. The molecule has 3 N–H and O–H groups in total. The average molecular weight is 296 g/mol. The van der Waals surface area contributed by atoms with Crippen molar-refractivity contribution >= 4 is 11.8 Å². The molecular weight excluding hydrogens is 275 g/mol. The van der Waals surface area contributed by atoms with Gasteiger partial charge in [0.15, 0.2) is 11.6 Å². The van der Waals surface area contributed by atoms with Crippen LogP contribution in [0.5, 0.6) is 5.75 Å². The van der Waals surface area contributed by atoms with Crippen molar-refractivity contribution in [1.29, 1.82) is 0 Å². The Labute approximate surface area is 123 Å². The molecule has 0 aliphatic carbocycles. The standard InChI is InChI=1S/C15H21FN2O3/c1-9(2)8-15(3,14(17)20)18-13(19)10-5-6-11(16)12(7-10)21-4/h5-7,9H,8H2,1-4H3,(H2,17,20)(H,18,19). The quantitative estimate of drug-likeness (QED) is 0.840. The van der Waals surface area contributed by atoms with Gasteiger partial charge in [-0.3, -0.25) is 9.59 Å². The maximum atomic E-state index is 13.3. The SMILES string of the molecule is COc1cc(C(=O)NC(C)(CC(C)C)C(N)=O)ccc1F. The van der Waals surface area contributed by atoms with E-state index in [9.17, 15) is 14.0 Å². The van der Waals surface area contributed by atoms with Crippen LogP contribution in [0.25, 0.3) is 0 Å². The van der Waals surface area contributed by atoms with Gasteiger partial charge < -0.3 is 15.8 Å². The highest BCUT2D eigenvalue weighted by molar-refractivity contribution is 5.99. The van der Waals surface area contributed by atoms with E-state index in [4.69, 9.17) is 10.5 Å². The van der Waals surface area contributed by atoms with Crippen LogP contribution >= 0.6 is 0 Å². The average Bonchev–Trinajstić information content (AvgIpc) is 2.37. The van der Waals surface area contributed by atoms with E-state index >= 15 is 0 Å². The van der Waals surface area contributed by atoms with E-state index in [1.54, 1.807) is 6.92 Å². The van der Waals surface area contributed by atoms with Crippen LogP contribution < -0.4 is 15.8 Å². The van der Waals surface area contributed by atoms with E-state index in [0.717, 1.165) is 6.07 Å². The van der Waals surface area contributed by atoms with Gasteiger partial charge in [-0.2, -0.15) is 0 Å². The molecule has 1 atom stereocenters. The Bertz CT molecular complexity index is 546. The number of halogens is 1. The first-order valence-corrected chi connectivity index (χ1v) is 6.65. The molecule has 2 amide bonds. The van der Waals surface area contributed by atoms with Gasteiger partial charge in [0.1, 0.15) is 5.54 Å². The first-order chi connectivity index (χ1) is 9.69. The lowest BCUT2D eigenvalue weighted by Gasteiger charge is -2.29. The zero-order valence-electron chi connectivity index (χ0n) is 12.7. The second kappa shape index (κ2) is 6.56. The summed E-state index contributed by atoms with van der Waals surface area (Å²) in [7, 11) is 1.31. The molecule has 0 aromatic heterocycles. The number of carbonyl (C=O) groups excluding carboxylic acids is 2. The minimum Gasteiger partial charge on any atom is -0.494 e. The van der Waals surface area contributed by atoms with Gasteiger partial charge in [0.2, 0.25) is 5.91 Å². The van der Waals surface area contributed by atoms with Crippen molar-refractivity contribution in [2.75, 3.05) is 7.11 Å². The van der Waals surface area contributed by atoms with Crippen molar-refractivity contribution in [3.8, 4) is 5.75 Å². The predicted molar refractivity (Wildman–Crippen MR) is 77.5 cm³/mol. The number of methoxy groups -OCH3 is 1. The number of primary amides is 1. The first kappa shape index (κ1) is 16.9. The molecule has 0 radical (unpaired) electrons. The van der Waals surface area contributed by atoms with Gasteiger partial charge in [-0.1, -0.05) is 13.8 Å². The van der Waals surface area contributed by atoms with Gasteiger partial charge >= 0.3 is 0 Å². The van der Waals surface area contributed by atoms with Gasteiger partial charge in [-0.25, -0.2) is 4.39 Å². The Balaban J connectivity index is 3.00. The lowest BCUT2D eigenvalue weighted by molar-refractivity contribution is -0.124. The fraction of sp³-hybridized carbons (Fsp3) is 0.467. The number of hydrogen-bond acceptors (Lipinski definition) is 3. The van der Waals surface area contributed by atoms with Crippen LogP contribution in [0.2, 0.25) is 0 Å². The number of carbonyl (C=O) groups is 2. The third-order valence-corrected chi connectivity index (χ3v) is 3.16. The number of hydrogen-bond donors (Lipinski definition) is 2. The number of amides is 2. The van der Waals surface area contributed by atoms with Crippen LogP contribution in [0.1, 0.15) is 37.6 Å². The Morgan fingerprint density at radius 3 is 2.52 bits per heavy atom. The molecule has 1 aromatic carbocycles. The van der Waals surface area contributed by atoms with Crippen molar-refractivity contribution in [3.05, 3.63) is 29.6 Å². The molecule has 0 aliphatic heterocycles. The molecule has 1 unspecified atom stereocenters. The predicted octanol–water partition coefficient (Wildman–Crippen LogP) is 1.85. The van der Waals surface area contributed by atoms with Gasteiger partial charge in [0.25, 0.3) is 5.91 Å². The van der Waals surface area contributed by atoms with E-state index in [1.807, 2.05) is 13.8 Å². The molecule has 0 fully saturated rings. The fourth-order valence-corrected chi connectivity index (χ4v) is 2.15. The highest BCUT2D eigenvalue weighted by Crippen LogP contribution is 2.20. The Kier molecular flexibility index (Phi) is 5.29. The minimum atomic E-state index is -1.16. The smallest absolute Gasteiger partial charge is 0.252 e. The van der Waals surface area contributed by atoms with E-state index < -0.39 is 23.2 Å². The molecule has 0 saturated carbocycles. The van der Waals surface area contributed by atoms with Crippen LogP contribution in [0.4, 0.5) is 4.39 Å². The molecule has 21 heavy (non-hydrogen) atoms. The molecule has 5 nitrogen and oxygen atoms in total. The Morgan fingerprint density at radius 2 is 2.05 bits per heavy atom. The van der Waals surface area contributed by atoms with Crippen molar-refractivity contribution in [2.45, 2.75) is 32.7 Å². The minimum absolute atomic E-state index is 0.0349. The lowest BCUT2D eigenvalue weighted by Crippen LogP contribution is -2.56. The first-order valence-electron chi connectivity index (χ1n) is 6.65.